The van der Waals surface area contributed by atoms with Crippen molar-refractivity contribution in [2.45, 2.75) is 71.4 Å². The summed E-state index contributed by atoms with van der Waals surface area (Å²) in [6.07, 6.45) is 3.56. The van der Waals surface area contributed by atoms with Crippen molar-refractivity contribution in [1.29, 1.82) is 0 Å². The number of carbonyl (C=O) groups excluding carboxylic acids is 1. The first-order valence-electron chi connectivity index (χ1n) is 10.3. The first kappa shape index (κ1) is 26.1. The molecule has 0 aliphatic heterocycles. The Bertz CT molecular complexity index is 783. The standard InChI is InChI=1S/C20H30N4O3.C2H4O2/c1-20(2,3)26-19(25)22-14-8-7-11-16(21)18-23-17(24-27-18)13-12-15-9-5-4-6-10-15;1-2(3)4/h4-6,9-10,16H,7-8,11-14,21H2,1-3H3,(H,22,25);1H3,(H,3,4). The number of carboxylic acids is 1. The Morgan fingerprint density at radius 3 is 2.45 bits per heavy atom. The van der Waals surface area contributed by atoms with E-state index in [0.717, 1.165) is 39.0 Å². The number of amides is 1. The van der Waals surface area contributed by atoms with Crippen LogP contribution in [-0.4, -0.2) is 39.5 Å². The third-order valence-electron chi connectivity index (χ3n) is 3.89. The number of ether oxygens (including phenoxy) is 1. The number of carbonyl (C=O) groups is 2. The van der Waals surface area contributed by atoms with Crippen LogP contribution in [0.3, 0.4) is 0 Å². The molecule has 2 rings (SSSR count). The number of hydrogen-bond acceptors (Lipinski definition) is 7. The third kappa shape index (κ3) is 13.1. The molecule has 2 aromatic rings. The van der Waals surface area contributed by atoms with Crippen molar-refractivity contribution in [3.8, 4) is 0 Å². The summed E-state index contributed by atoms with van der Waals surface area (Å²) in [6.45, 7) is 7.14. The first-order chi connectivity index (χ1) is 14.6. The summed E-state index contributed by atoms with van der Waals surface area (Å²) in [5.74, 6) is 0.314. The van der Waals surface area contributed by atoms with Gasteiger partial charge in [-0.25, -0.2) is 4.79 Å². The average Bonchev–Trinajstić information content (AvgIpc) is 3.14. The number of benzene rings is 1. The van der Waals surface area contributed by atoms with Gasteiger partial charge in [0.2, 0.25) is 5.89 Å². The number of carboxylic acid groups (broad SMARTS) is 1. The summed E-state index contributed by atoms with van der Waals surface area (Å²) in [6, 6.07) is 9.91. The second-order valence-corrected chi connectivity index (χ2v) is 8.08. The van der Waals surface area contributed by atoms with Crippen LogP contribution in [0.1, 0.15) is 70.3 Å². The summed E-state index contributed by atoms with van der Waals surface area (Å²) >= 11 is 0. The first-order valence-corrected chi connectivity index (χ1v) is 10.3. The van der Waals surface area contributed by atoms with Crippen LogP contribution >= 0.6 is 0 Å². The summed E-state index contributed by atoms with van der Waals surface area (Å²) < 4.78 is 10.5. The number of aliphatic carboxylic acids is 1. The van der Waals surface area contributed by atoms with Crippen LogP contribution in [0.2, 0.25) is 0 Å². The lowest BCUT2D eigenvalue weighted by atomic mass is 10.1. The summed E-state index contributed by atoms with van der Waals surface area (Å²) in [5, 5.41) is 14.2. The number of aromatic nitrogens is 2. The molecule has 1 aromatic heterocycles. The number of nitrogens with one attached hydrogen (secondary N) is 1. The van der Waals surface area contributed by atoms with E-state index in [2.05, 4.69) is 27.6 Å². The molecule has 0 bridgehead atoms. The van der Waals surface area contributed by atoms with Crippen LogP contribution in [0.5, 0.6) is 0 Å². The largest absolute Gasteiger partial charge is 0.481 e. The SMILES string of the molecule is CC(=O)O.CC(C)(C)OC(=O)NCCCCC(N)c1nc(CCc2ccccc2)no1. The zero-order valence-electron chi connectivity index (χ0n) is 18.8. The number of unbranched alkanes of at least 4 members (excludes halogenated alkanes) is 1. The number of nitrogens with two attached hydrogens (primary N) is 1. The van der Waals surface area contributed by atoms with Crippen LogP contribution in [0.15, 0.2) is 34.9 Å². The minimum Gasteiger partial charge on any atom is -0.481 e. The van der Waals surface area contributed by atoms with Gasteiger partial charge in [-0.05, 0) is 52.0 Å². The average molecular weight is 435 g/mol. The van der Waals surface area contributed by atoms with Gasteiger partial charge in [-0.3, -0.25) is 4.79 Å². The van der Waals surface area contributed by atoms with Gasteiger partial charge in [0, 0.05) is 19.9 Å². The highest BCUT2D eigenvalue weighted by Crippen LogP contribution is 2.15. The van der Waals surface area contributed by atoms with E-state index in [4.69, 9.17) is 24.9 Å². The normalized spacial score (nSPS) is 11.8. The molecule has 9 heteroatoms. The highest BCUT2D eigenvalue weighted by atomic mass is 16.6. The molecule has 0 saturated heterocycles. The van der Waals surface area contributed by atoms with E-state index in [1.54, 1.807) is 0 Å². The van der Waals surface area contributed by atoms with Gasteiger partial charge in [-0.2, -0.15) is 4.98 Å². The van der Waals surface area contributed by atoms with E-state index < -0.39 is 17.7 Å². The van der Waals surface area contributed by atoms with E-state index in [-0.39, 0.29) is 6.04 Å². The van der Waals surface area contributed by atoms with Gasteiger partial charge in [0.05, 0.1) is 6.04 Å². The fourth-order valence-electron chi connectivity index (χ4n) is 2.54. The van der Waals surface area contributed by atoms with Crippen molar-refractivity contribution in [3.63, 3.8) is 0 Å². The van der Waals surface area contributed by atoms with Crippen molar-refractivity contribution < 1.29 is 24.0 Å². The Morgan fingerprint density at radius 2 is 1.84 bits per heavy atom. The van der Waals surface area contributed by atoms with E-state index >= 15 is 0 Å². The monoisotopic (exact) mass is 434 g/mol. The molecule has 1 atom stereocenters. The van der Waals surface area contributed by atoms with Crippen LogP contribution in [0.25, 0.3) is 0 Å². The molecule has 1 amide bonds. The smallest absolute Gasteiger partial charge is 0.407 e. The van der Waals surface area contributed by atoms with Crippen molar-refractivity contribution >= 4 is 12.1 Å². The molecule has 0 radical (unpaired) electrons. The van der Waals surface area contributed by atoms with Crippen molar-refractivity contribution in [3.05, 3.63) is 47.6 Å². The highest BCUT2D eigenvalue weighted by molar-refractivity contribution is 5.67. The lowest BCUT2D eigenvalue weighted by Crippen LogP contribution is -2.33. The number of aryl methyl sites for hydroxylation is 2. The fraction of sp³-hybridized carbons (Fsp3) is 0.545. The van der Waals surface area contributed by atoms with Crippen molar-refractivity contribution in [1.82, 2.24) is 15.5 Å². The molecule has 1 heterocycles. The van der Waals surface area contributed by atoms with Gasteiger partial charge < -0.3 is 25.4 Å². The van der Waals surface area contributed by atoms with Gasteiger partial charge in [0.15, 0.2) is 5.82 Å². The maximum absolute atomic E-state index is 11.6. The van der Waals surface area contributed by atoms with Crippen LogP contribution in [0.4, 0.5) is 4.79 Å². The van der Waals surface area contributed by atoms with E-state index in [0.29, 0.717) is 18.3 Å². The van der Waals surface area contributed by atoms with Gasteiger partial charge in [-0.1, -0.05) is 35.5 Å². The Morgan fingerprint density at radius 1 is 1.19 bits per heavy atom. The lowest BCUT2D eigenvalue weighted by molar-refractivity contribution is -0.134. The summed E-state index contributed by atoms with van der Waals surface area (Å²) in [7, 11) is 0. The number of nitrogens with zero attached hydrogens (tertiary/aromatic N) is 2. The zero-order chi connectivity index (χ0) is 23.3. The Kier molecular flexibility index (Phi) is 11.3. The van der Waals surface area contributed by atoms with Crippen molar-refractivity contribution in [2.24, 2.45) is 5.73 Å². The molecular weight excluding hydrogens is 400 g/mol. The van der Waals surface area contributed by atoms with E-state index in [1.165, 1.54) is 5.56 Å². The molecule has 1 unspecified atom stereocenters. The van der Waals surface area contributed by atoms with Gasteiger partial charge in [0.25, 0.3) is 5.97 Å². The number of alkyl carbamates (subject to hydrolysis) is 1. The van der Waals surface area contributed by atoms with Crippen LogP contribution in [0, 0.1) is 0 Å². The molecule has 0 aliphatic carbocycles. The highest BCUT2D eigenvalue weighted by Gasteiger charge is 2.16. The predicted octanol–water partition coefficient (Wildman–Crippen LogP) is 3.64. The number of hydrogen-bond donors (Lipinski definition) is 3. The van der Waals surface area contributed by atoms with Crippen LogP contribution < -0.4 is 11.1 Å². The summed E-state index contributed by atoms with van der Waals surface area (Å²) in [4.78, 5) is 25.0. The Hall–Kier alpha value is -2.94. The third-order valence-corrected chi connectivity index (χ3v) is 3.89. The van der Waals surface area contributed by atoms with E-state index in [9.17, 15) is 4.79 Å². The lowest BCUT2D eigenvalue weighted by Gasteiger charge is -2.19. The van der Waals surface area contributed by atoms with Gasteiger partial charge in [-0.15, -0.1) is 0 Å². The fourth-order valence-corrected chi connectivity index (χ4v) is 2.54. The molecule has 0 spiro atoms. The second kappa shape index (κ2) is 13.4. The minimum absolute atomic E-state index is 0.287. The summed E-state index contributed by atoms with van der Waals surface area (Å²) in [5.41, 5.74) is 6.89. The maximum Gasteiger partial charge on any atom is 0.407 e. The second-order valence-electron chi connectivity index (χ2n) is 8.08. The molecule has 0 aliphatic rings. The molecule has 1 aromatic carbocycles. The minimum atomic E-state index is -0.833. The van der Waals surface area contributed by atoms with Gasteiger partial charge in [0.1, 0.15) is 5.60 Å². The van der Waals surface area contributed by atoms with Crippen LogP contribution in [-0.2, 0) is 22.4 Å². The molecule has 172 valence electrons. The zero-order valence-corrected chi connectivity index (χ0v) is 18.8. The Balaban J connectivity index is 0.00000110. The Labute approximate surface area is 183 Å². The maximum atomic E-state index is 11.6. The molecule has 9 nitrogen and oxygen atoms in total. The molecule has 0 saturated carbocycles. The molecular formula is C22H34N4O5. The topological polar surface area (TPSA) is 141 Å². The molecule has 4 N–H and O–H groups in total. The quantitative estimate of drug-likeness (QED) is 0.508. The molecule has 31 heavy (non-hydrogen) atoms. The predicted molar refractivity (Wildman–Crippen MR) is 116 cm³/mol. The number of rotatable bonds is 9. The van der Waals surface area contributed by atoms with E-state index in [1.807, 2.05) is 39.0 Å². The van der Waals surface area contributed by atoms with Gasteiger partial charge >= 0.3 is 6.09 Å². The van der Waals surface area contributed by atoms with Crippen molar-refractivity contribution in [2.75, 3.05) is 6.54 Å². The molecule has 0 fully saturated rings.